The molecular formula is C12H30O3Si3. The summed E-state index contributed by atoms with van der Waals surface area (Å²) in [6.07, 6.45) is 0. The Morgan fingerprint density at radius 2 is 1.56 bits per heavy atom. The Bertz CT molecular complexity index is 280. The monoisotopic (exact) mass is 306 g/mol. The Morgan fingerprint density at radius 3 is 1.94 bits per heavy atom. The zero-order valence-corrected chi connectivity index (χ0v) is 16.5. The van der Waals surface area contributed by atoms with Crippen LogP contribution in [0.1, 0.15) is 48.5 Å². The molecule has 1 rings (SSSR count). The molecule has 0 aromatic rings. The van der Waals surface area contributed by atoms with Crippen LogP contribution in [0.5, 0.6) is 0 Å². The van der Waals surface area contributed by atoms with Crippen LogP contribution in [-0.4, -0.2) is 27.1 Å². The highest BCUT2D eigenvalue weighted by atomic mass is 28.5. The van der Waals surface area contributed by atoms with Crippen LogP contribution in [0.15, 0.2) is 0 Å². The molecule has 0 aliphatic carbocycles. The van der Waals surface area contributed by atoms with Gasteiger partial charge in [0.2, 0.25) is 0 Å². The van der Waals surface area contributed by atoms with Crippen molar-refractivity contribution < 1.29 is 12.3 Å². The van der Waals surface area contributed by atoms with Crippen molar-refractivity contribution in [2.45, 2.75) is 71.6 Å². The molecule has 1 fully saturated rings. The fourth-order valence-corrected chi connectivity index (χ4v) is 17.9. The van der Waals surface area contributed by atoms with Crippen molar-refractivity contribution in [1.29, 1.82) is 0 Å². The van der Waals surface area contributed by atoms with Gasteiger partial charge in [0.05, 0.1) is 0 Å². The van der Waals surface area contributed by atoms with Gasteiger partial charge in [0.1, 0.15) is 0 Å². The molecule has 18 heavy (non-hydrogen) atoms. The molecule has 1 aliphatic rings. The summed E-state index contributed by atoms with van der Waals surface area (Å²) in [6, 6.07) is 3.16. The van der Waals surface area contributed by atoms with Crippen molar-refractivity contribution in [3.8, 4) is 0 Å². The van der Waals surface area contributed by atoms with E-state index in [0.717, 1.165) is 18.1 Å². The second-order valence-corrected chi connectivity index (χ2v) is 16.2. The fraction of sp³-hybridized carbons (Fsp3) is 1.00. The fourth-order valence-electron chi connectivity index (χ4n) is 2.58. The topological polar surface area (TPSA) is 27.7 Å². The van der Waals surface area contributed by atoms with E-state index in [0.29, 0.717) is 5.92 Å². The minimum Gasteiger partial charge on any atom is -0.420 e. The average molecular weight is 307 g/mol. The van der Waals surface area contributed by atoms with Gasteiger partial charge in [-0.2, -0.15) is 0 Å². The first-order valence-corrected chi connectivity index (χ1v) is 12.7. The van der Waals surface area contributed by atoms with Crippen molar-refractivity contribution in [3.63, 3.8) is 0 Å². The van der Waals surface area contributed by atoms with Gasteiger partial charge >= 0.3 is 17.1 Å². The van der Waals surface area contributed by atoms with Gasteiger partial charge in [0.25, 0.3) is 10.0 Å². The highest BCUT2D eigenvalue weighted by Crippen LogP contribution is 2.50. The SMILES string of the molecule is CC[Si]1(CC)O[SiH2]O[Si](CC)(C(C)(C)C(C)C)O1. The van der Waals surface area contributed by atoms with Crippen LogP contribution in [-0.2, 0) is 12.3 Å². The van der Waals surface area contributed by atoms with Gasteiger partial charge in [-0.3, -0.25) is 0 Å². The molecule has 0 aromatic carbocycles. The number of hydrogen-bond donors (Lipinski definition) is 0. The third-order valence-corrected chi connectivity index (χ3v) is 18.3. The van der Waals surface area contributed by atoms with Gasteiger partial charge in [-0.1, -0.05) is 48.5 Å². The lowest BCUT2D eigenvalue weighted by molar-refractivity contribution is 0.209. The van der Waals surface area contributed by atoms with Crippen LogP contribution >= 0.6 is 0 Å². The van der Waals surface area contributed by atoms with Gasteiger partial charge in [-0.25, -0.2) is 0 Å². The normalized spacial score (nSPS) is 30.0. The predicted octanol–water partition coefficient (Wildman–Crippen LogP) is 3.43. The van der Waals surface area contributed by atoms with Crippen molar-refractivity contribution in [1.82, 2.24) is 0 Å². The van der Waals surface area contributed by atoms with E-state index in [4.69, 9.17) is 12.3 Å². The maximum atomic E-state index is 6.70. The Kier molecular flexibility index (Phi) is 5.42. The molecular weight excluding hydrogens is 276 g/mol. The third kappa shape index (κ3) is 2.69. The lowest BCUT2D eigenvalue weighted by Crippen LogP contribution is -2.65. The Hall–Kier alpha value is 0.531. The molecule has 0 bridgehead atoms. The van der Waals surface area contributed by atoms with Crippen LogP contribution in [0.2, 0.25) is 23.2 Å². The molecule has 1 heterocycles. The second-order valence-electron chi connectivity index (χ2n) is 6.11. The van der Waals surface area contributed by atoms with Gasteiger partial charge in [-0.05, 0) is 24.1 Å². The second kappa shape index (κ2) is 5.89. The summed E-state index contributed by atoms with van der Waals surface area (Å²) in [5.74, 6) is 0.580. The molecule has 6 heteroatoms. The molecule has 108 valence electrons. The lowest BCUT2D eigenvalue weighted by Gasteiger charge is -2.53. The molecule has 0 N–H and O–H groups in total. The molecule has 1 atom stereocenters. The van der Waals surface area contributed by atoms with Crippen molar-refractivity contribution >= 4 is 27.1 Å². The standard InChI is InChI=1S/C12H30O3Si3/c1-8-17(9-2)13-16-14-18(10-3,15-17)12(6,7)11(4)5/h11H,8-10,16H2,1-7H3. The van der Waals surface area contributed by atoms with Crippen molar-refractivity contribution in [2.24, 2.45) is 5.92 Å². The number of hydrogen-bond acceptors (Lipinski definition) is 3. The molecule has 0 spiro atoms. The summed E-state index contributed by atoms with van der Waals surface area (Å²) in [7, 11) is -4.92. The van der Waals surface area contributed by atoms with Gasteiger partial charge < -0.3 is 12.3 Å². The largest absolute Gasteiger partial charge is 0.420 e. The average Bonchev–Trinajstić information content (AvgIpc) is 2.38. The van der Waals surface area contributed by atoms with E-state index in [1.807, 2.05) is 0 Å². The number of rotatable bonds is 5. The van der Waals surface area contributed by atoms with Crippen LogP contribution in [0, 0.1) is 5.92 Å². The van der Waals surface area contributed by atoms with E-state index in [1.165, 1.54) is 0 Å². The molecule has 1 aliphatic heterocycles. The van der Waals surface area contributed by atoms with Crippen molar-refractivity contribution in [2.75, 3.05) is 0 Å². The third-order valence-electron chi connectivity index (χ3n) is 4.93. The maximum absolute atomic E-state index is 6.70. The summed E-state index contributed by atoms with van der Waals surface area (Å²) in [6.45, 7) is 15.9. The molecule has 0 amide bonds. The molecule has 1 saturated heterocycles. The van der Waals surface area contributed by atoms with Gasteiger partial charge in [0, 0.05) is 5.04 Å². The maximum Gasteiger partial charge on any atom is 0.326 e. The van der Waals surface area contributed by atoms with E-state index in [9.17, 15) is 0 Å². The Labute approximate surface area is 117 Å². The zero-order valence-electron chi connectivity index (χ0n) is 13.1. The van der Waals surface area contributed by atoms with Crippen LogP contribution in [0.3, 0.4) is 0 Å². The summed E-state index contributed by atoms with van der Waals surface area (Å²) < 4.78 is 19.0. The molecule has 3 nitrogen and oxygen atoms in total. The van der Waals surface area contributed by atoms with Crippen LogP contribution in [0.25, 0.3) is 0 Å². The first kappa shape index (κ1) is 16.6. The minimum atomic E-state index is -2.13. The summed E-state index contributed by atoms with van der Waals surface area (Å²) in [5, 5.41) is 0.154. The smallest absolute Gasteiger partial charge is 0.326 e. The lowest BCUT2D eigenvalue weighted by atomic mass is 9.99. The molecule has 0 aromatic heterocycles. The van der Waals surface area contributed by atoms with Crippen molar-refractivity contribution in [3.05, 3.63) is 0 Å². The predicted molar refractivity (Wildman–Crippen MR) is 83.6 cm³/mol. The molecule has 0 saturated carbocycles. The van der Waals surface area contributed by atoms with Crippen LogP contribution < -0.4 is 0 Å². The van der Waals surface area contributed by atoms with Gasteiger partial charge in [-0.15, -0.1) is 0 Å². The summed E-state index contributed by atoms with van der Waals surface area (Å²) >= 11 is 0. The molecule has 0 radical (unpaired) electrons. The van der Waals surface area contributed by atoms with E-state index < -0.39 is 27.1 Å². The van der Waals surface area contributed by atoms with Gasteiger partial charge in [0.15, 0.2) is 0 Å². The highest BCUT2D eigenvalue weighted by Gasteiger charge is 2.58. The molecule has 1 unspecified atom stereocenters. The zero-order chi connectivity index (χ0) is 14.0. The van der Waals surface area contributed by atoms with Crippen LogP contribution in [0.4, 0.5) is 0 Å². The highest BCUT2D eigenvalue weighted by molar-refractivity contribution is 6.88. The van der Waals surface area contributed by atoms with E-state index in [-0.39, 0.29) is 5.04 Å². The Balaban J connectivity index is 3.08. The summed E-state index contributed by atoms with van der Waals surface area (Å²) in [4.78, 5) is 0. The quantitative estimate of drug-likeness (QED) is 0.728. The minimum absolute atomic E-state index is 0.154. The van der Waals surface area contributed by atoms with E-state index in [1.54, 1.807) is 0 Å². The Morgan fingerprint density at radius 1 is 1.00 bits per heavy atom. The first-order valence-electron chi connectivity index (χ1n) is 7.27. The summed E-state index contributed by atoms with van der Waals surface area (Å²) in [5.41, 5.74) is 0. The first-order chi connectivity index (χ1) is 8.29. The van der Waals surface area contributed by atoms with E-state index >= 15 is 0 Å². The van der Waals surface area contributed by atoms with E-state index in [2.05, 4.69) is 48.5 Å².